The van der Waals surface area contributed by atoms with Crippen LogP contribution in [0.4, 0.5) is 11.4 Å². The number of hydrogen-bond donors (Lipinski definition) is 2. The number of nitrogens with one attached hydrogen (secondary N) is 2. The minimum atomic E-state index is 0.500. The SMILES string of the molecule is S=C(Nc1ccc(OCc2ccccc2)cc1)Nc1cccc(Cl)c1. The fourth-order valence-electron chi connectivity index (χ4n) is 2.24. The summed E-state index contributed by atoms with van der Waals surface area (Å²) in [6.07, 6.45) is 0. The van der Waals surface area contributed by atoms with Gasteiger partial charge in [0.15, 0.2) is 5.11 Å². The summed E-state index contributed by atoms with van der Waals surface area (Å²) >= 11 is 11.3. The molecule has 3 aromatic carbocycles. The lowest BCUT2D eigenvalue weighted by atomic mass is 10.2. The first-order valence-corrected chi connectivity index (χ1v) is 8.58. The van der Waals surface area contributed by atoms with Gasteiger partial charge in [-0.3, -0.25) is 0 Å². The molecule has 0 spiro atoms. The van der Waals surface area contributed by atoms with Crippen LogP contribution in [0.2, 0.25) is 5.02 Å². The Kier molecular flexibility index (Phi) is 5.88. The first kappa shape index (κ1) is 17.3. The van der Waals surface area contributed by atoms with Gasteiger partial charge in [-0.2, -0.15) is 0 Å². The summed E-state index contributed by atoms with van der Waals surface area (Å²) in [6.45, 7) is 0.544. The summed E-state index contributed by atoms with van der Waals surface area (Å²) in [5.41, 5.74) is 2.86. The molecule has 0 saturated heterocycles. The van der Waals surface area contributed by atoms with E-state index in [-0.39, 0.29) is 0 Å². The maximum absolute atomic E-state index is 5.96. The molecule has 0 unspecified atom stereocenters. The molecular weight excluding hydrogens is 352 g/mol. The topological polar surface area (TPSA) is 33.3 Å². The molecule has 0 fully saturated rings. The largest absolute Gasteiger partial charge is 0.489 e. The van der Waals surface area contributed by atoms with Gasteiger partial charge in [0.25, 0.3) is 0 Å². The molecule has 0 amide bonds. The van der Waals surface area contributed by atoms with Crippen molar-refractivity contribution in [2.24, 2.45) is 0 Å². The molecule has 5 heteroatoms. The van der Waals surface area contributed by atoms with E-state index in [9.17, 15) is 0 Å². The average Bonchev–Trinajstić information content (AvgIpc) is 2.62. The Hall–Kier alpha value is -2.56. The zero-order chi connectivity index (χ0) is 17.5. The second kappa shape index (κ2) is 8.51. The Morgan fingerprint density at radius 2 is 1.56 bits per heavy atom. The number of thiocarbonyl (C=S) groups is 1. The highest BCUT2D eigenvalue weighted by atomic mass is 35.5. The second-order valence-electron chi connectivity index (χ2n) is 5.39. The normalized spacial score (nSPS) is 10.1. The predicted molar refractivity (Wildman–Crippen MR) is 109 cm³/mol. The van der Waals surface area contributed by atoms with E-state index in [0.29, 0.717) is 16.7 Å². The number of rotatable bonds is 5. The van der Waals surface area contributed by atoms with E-state index in [0.717, 1.165) is 22.7 Å². The molecule has 2 N–H and O–H groups in total. The van der Waals surface area contributed by atoms with E-state index >= 15 is 0 Å². The zero-order valence-corrected chi connectivity index (χ0v) is 15.0. The minimum absolute atomic E-state index is 0.500. The van der Waals surface area contributed by atoms with Crippen LogP contribution in [0.1, 0.15) is 5.56 Å². The molecule has 126 valence electrons. The monoisotopic (exact) mass is 368 g/mol. The maximum atomic E-state index is 5.96. The fraction of sp³-hybridized carbons (Fsp3) is 0.0500. The molecule has 0 heterocycles. The third-order valence-corrected chi connectivity index (χ3v) is 3.88. The molecule has 3 aromatic rings. The van der Waals surface area contributed by atoms with Gasteiger partial charge in [0, 0.05) is 16.4 Å². The first-order valence-electron chi connectivity index (χ1n) is 7.79. The predicted octanol–water partition coefficient (Wildman–Crippen LogP) is 5.73. The zero-order valence-electron chi connectivity index (χ0n) is 13.4. The van der Waals surface area contributed by atoms with Gasteiger partial charge in [0.2, 0.25) is 0 Å². The highest BCUT2D eigenvalue weighted by Gasteiger charge is 2.01. The molecule has 0 aliphatic carbocycles. The van der Waals surface area contributed by atoms with Gasteiger partial charge in [-0.15, -0.1) is 0 Å². The summed E-state index contributed by atoms with van der Waals surface area (Å²) in [5.74, 6) is 0.808. The molecule has 3 rings (SSSR count). The molecular formula is C20H17ClN2OS. The highest BCUT2D eigenvalue weighted by Crippen LogP contribution is 2.18. The van der Waals surface area contributed by atoms with Crippen LogP contribution in [-0.4, -0.2) is 5.11 Å². The van der Waals surface area contributed by atoms with Crippen molar-refractivity contribution in [3.8, 4) is 5.75 Å². The summed E-state index contributed by atoms with van der Waals surface area (Å²) in [7, 11) is 0. The van der Waals surface area contributed by atoms with Crippen molar-refractivity contribution in [1.82, 2.24) is 0 Å². The van der Waals surface area contributed by atoms with Gasteiger partial charge in [-0.1, -0.05) is 48.0 Å². The van der Waals surface area contributed by atoms with Crippen LogP contribution in [0.5, 0.6) is 5.75 Å². The van der Waals surface area contributed by atoms with E-state index in [1.54, 1.807) is 0 Å². The van der Waals surface area contributed by atoms with Crippen molar-refractivity contribution < 1.29 is 4.74 Å². The van der Waals surface area contributed by atoms with Crippen molar-refractivity contribution in [1.29, 1.82) is 0 Å². The van der Waals surface area contributed by atoms with E-state index in [1.807, 2.05) is 78.9 Å². The molecule has 0 aromatic heterocycles. The average molecular weight is 369 g/mol. The van der Waals surface area contributed by atoms with Gasteiger partial charge in [0.1, 0.15) is 12.4 Å². The standard InChI is InChI=1S/C20H17ClN2OS/c21-16-7-4-8-18(13-16)23-20(25)22-17-9-11-19(12-10-17)24-14-15-5-2-1-3-6-15/h1-13H,14H2,(H2,22,23,25). The van der Waals surface area contributed by atoms with Gasteiger partial charge in [0.05, 0.1) is 0 Å². The molecule has 0 saturated carbocycles. The Balaban J connectivity index is 1.52. The summed E-state index contributed by atoms with van der Waals surface area (Å²) in [5, 5.41) is 7.39. The van der Waals surface area contributed by atoms with Crippen LogP contribution < -0.4 is 15.4 Å². The van der Waals surface area contributed by atoms with Crippen LogP contribution in [-0.2, 0) is 6.61 Å². The number of anilines is 2. The van der Waals surface area contributed by atoms with Crippen LogP contribution in [0.15, 0.2) is 78.9 Å². The van der Waals surface area contributed by atoms with E-state index in [2.05, 4.69) is 10.6 Å². The van der Waals surface area contributed by atoms with Gasteiger partial charge in [-0.25, -0.2) is 0 Å². The molecule has 0 bridgehead atoms. The molecule has 0 aliphatic rings. The molecule has 0 aliphatic heterocycles. The maximum Gasteiger partial charge on any atom is 0.175 e. The Bertz CT molecular complexity index is 838. The van der Waals surface area contributed by atoms with Crippen molar-refractivity contribution in [2.75, 3.05) is 10.6 Å². The van der Waals surface area contributed by atoms with Crippen molar-refractivity contribution in [2.45, 2.75) is 6.61 Å². The van der Waals surface area contributed by atoms with E-state index < -0.39 is 0 Å². The van der Waals surface area contributed by atoms with E-state index in [4.69, 9.17) is 28.6 Å². The van der Waals surface area contributed by atoms with Crippen molar-refractivity contribution in [3.63, 3.8) is 0 Å². The summed E-state index contributed by atoms with van der Waals surface area (Å²) in [6, 6.07) is 25.1. The Labute approximate surface area is 157 Å². The second-order valence-corrected chi connectivity index (χ2v) is 6.23. The number of hydrogen-bond acceptors (Lipinski definition) is 2. The van der Waals surface area contributed by atoms with Crippen LogP contribution in [0.25, 0.3) is 0 Å². The van der Waals surface area contributed by atoms with Crippen LogP contribution in [0.3, 0.4) is 0 Å². The fourth-order valence-corrected chi connectivity index (χ4v) is 2.66. The quantitative estimate of drug-likeness (QED) is 0.563. The lowest BCUT2D eigenvalue weighted by molar-refractivity contribution is 0.306. The highest BCUT2D eigenvalue weighted by molar-refractivity contribution is 7.80. The van der Waals surface area contributed by atoms with Gasteiger partial charge in [-0.05, 0) is 60.2 Å². The van der Waals surface area contributed by atoms with Crippen molar-refractivity contribution >= 4 is 40.3 Å². The minimum Gasteiger partial charge on any atom is -0.489 e. The third-order valence-electron chi connectivity index (χ3n) is 3.44. The van der Waals surface area contributed by atoms with Crippen molar-refractivity contribution in [3.05, 3.63) is 89.4 Å². The molecule has 3 nitrogen and oxygen atoms in total. The lowest BCUT2D eigenvalue weighted by Gasteiger charge is -2.12. The Morgan fingerprint density at radius 1 is 0.840 bits per heavy atom. The molecule has 0 radical (unpaired) electrons. The number of ether oxygens (including phenoxy) is 1. The third kappa shape index (κ3) is 5.48. The van der Waals surface area contributed by atoms with Gasteiger partial charge >= 0.3 is 0 Å². The first-order chi connectivity index (χ1) is 12.2. The van der Waals surface area contributed by atoms with E-state index in [1.165, 1.54) is 0 Å². The number of halogens is 1. The lowest BCUT2D eigenvalue weighted by Crippen LogP contribution is -2.18. The number of benzene rings is 3. The van der Waals surface area contributed by atoms with Crippen LogP contribution in [0, 0.1) is 0 Å². The summed E-state index contributed by atoms with van der Waals surface area (Å²) < 4.78 is 5.77. The molecule has 0 atom stereocenters. The molecule has 25 heavy (non-hydrogen) atoms. The Morgan fingerprint density at radius 3 is 2.28 bits per heavy atom. The van der Waals surface area contributed by atoms with Gasteiger partial charge < -0.3 is 15.4 Å². The summed E-state index contributed by atoms with van der Waals surface area (Å²) in [4.78, 5) is 0. The van der Waals surface area contributed by atoms with Crippen LogP contribution >= 0.6 is 23.8 Å². The smallest absolute Gasteiger partial charge is 0.175 e.